The summed E-state index contributed by atoms with van der Waals surface area (Å²) in [6.45, 7) is 3.69. The van der Waals surface area contributed by atoms with Crippen LogP contribution in [0, 0.1) is 30.0 Å². The Morgan fingerprint density at radius 1 is 1.31 bits per heavy atom. The maximum Gasteiger partial charge on any atom is 0.417 e. The molecule has 2 fully saturated rings. The summed E-state index contributed by atoms with van der Waals surface area (Å²) in [4.78, 5) is 26.8. The van der Waals surface area contributed by atoms with E-state index < -0.39 is 46.2 Å². The minimum Gasteiger partial charge on any atom is -0.337 e. The minimum absolute atomic E-state index is 0.164. The van der Waals surface area contributed by atoms with Gasteiger partial charge in [-0.3, -0.25) is 0 Å². The van der Waals surface area contributed by atoms with E-state index in [9.17, 15) is 22.4 Å². The number of hydrogen-bond acceptors (Lipinski definition) is 7. The molecule has 1 aliphatic heterocycles. The summed E-state index contributed by atoms with van der Waals surface area (Å²) in [6, 6.07) is 3.19. The first kappa shape index (κ1) is 23.7. The van der Waals surface area contributed by atoms with Crippen LogP contribution in [-0.4, -0.2) is 37.1 Å². The number of nitriles is 1. The molecule has 2 aliphatic rings. The molecule has 3 atom stereocenters. The highest BCUT2D eigenvalue weighted by Gasteiger charge is 2.62. The molecule has 3 aromatic rings. The fourth-order valence-electron chi connectivity index (χ4n) is 5.25. The van der Waals surface area contributed by atoms with Crippen molar-refractivity contribution in [3.8, 4) is 17.5 Å². The summed E-state index contributed by atoms with van der Waals surface area (Å²) in [7, 11) is 0. The van der Waals surface area contributed by atoms with Crippen LogP contribution in [0.15, 0.2) is 28.9 Å². The van der Waals surface area contributed by atoms with E-state index in [1.807, 2.05) is 6.92 Å². The second kappa shape index (κ2) is 8.25. The monoisotopic (exact) mass is 501 g/mol. The third-order valence-electron chi connectivity index (χ3n) is 6.57. The predicted molar refractivity (Wildman–Crippen MR) is 116 cm³/mol. The van der Waals surface area contributed by atoms with Crippen LogP contribution in [-0.2, 0) is 11.7 Å². The standard InChI is InChI=1S/C23H19F4N7O2/c1-11-5-14-9-22(8-11,20-30-12(2)33-36-20)34(14)21(35)32-18-6-15(16(7-17(18)24)23(25,26)27)19-29-4-3-13(10-28)31-19/h3-4,6-7,11,14H,5,8-9H2,1-2H3,(H,32,35)/t11-,14-,22+/m0/s1. The van der Waals surface area contributed by atoms with Gasteiger partial charge in [0.15, 0.2) is 11.6 Å². The summed E-state index contributed by atoms with van der Waals surface area (Å²) in [5.41, 5.74) is -3.42. The maximum absolute atomic E-state index is 14.9. The molecule has 2 amide bonds. The molecule has 1 N–H and O–H groups in total. The van der Waals surface area contributed by atoms with Gasteiger partial charge in [0.05, 0.1) is 11.3 Å². The van der Waals surface area contributed by atoms with E-state index in [2.05, 4.69) is 25.4 Å². The average molecular weight is 501 g/mol. The highest BCUT2D eigenvalue weighted by molar-refractivity contribution is 5.92. The highest BCUT2D eigenvalue weighted by atomic mass is 19.4. The molecule has 2 bridgehead atoms. The SMILES string of the molecule is Cc1noc([C@@]23C[C@@H](C)C[C@@H](C2)N3C(=O)Nc2cc(-c3nccc(C#N)n3)c(C(F)(F)F)cc2F)n1. The van der Waals surface area contributed by atoms with Crippen LogP contribution in [0.3, 0.4) is 0 Å². The Balaban J connectivity index is 1.52. The number of carbonyl (C=O) groups is 1. The third kappa shape index (κ3) is 3.82. The van der Waals surface area contributed by atoms with Gasteiger partial charge in [-0.2, -0.15) is 23.4 Å². The zero-order valence-corrected chi connectivity index (χ0v) is 19.1. The predicted octanol–water partition coefficient (Wildman–Crippen LogP) is 4.80. The molecule has 0 spiro atoms. The largest absolute Gasteiger partial charge is 0.417 e. The number of piperidine rings is 1. The van der Waals surface area contributed by atoms with Crippen molar-refractivity contribution in [3.63, 3.8) is 0 Å². The van der Waals surface area contributed by atoms with Gasteiger partial charge in [0, 0.05) is 24.2 Å². The van der Waals surface area contributed by atoms with Gasteiger partial charge in [-0.15, -0.1) is 0 Å². The Morgan fingerprint density at radius 2 is 2.08 bits per heavy atom. The van der Waals surface area contributed by atoms with Crippen molar-refractivity contribution in [3.05, 3.63) is 53.2 Å². The first-order valence-corrected chi connectivity index (χ1v) is 11.1. The number of anilines is 1. The molecule has 5 rings (SSSR count). The van der Waals surface area contributed by atoms with Crippen LogP contribution < -0.4 is 5.32 Å². The lowest BCUT2D eigenvalue weighted by Gasteiger charge is -2.61. The summed E-state index contributed by atoms with van der Waals surface area (Å²) < 4.78 is 61.4. The number of nitrogens with zero attached hydrogens (tertiary/aromatic N) is 6. The third-order valence-corrected chi connectivity index (χ3v) is 6.57. The number of urea groups is 1. The second-order valence-electron chi connectivity index (χ2n) is 9.13. The molecule has 1 aliphatic carbocycles. The molecule has 9 nitrogen and oxygen atoms in total. The zero-order valence-electron chi connectivity index (χ0n) is 19.1. The molecule has 1 aromatic carbocycles. The lowest BCUT2D eigenvalue weighted by atomic mass is 9.64. The number of alkyl halides is 3. The number of rotatable bonds is 3. The zero-order chi connectivity index (χ0) is 25.8. The van der Waals surface area contributed by atoms with Crippen LogP contribution in [0.1, 0.15) is 49.2 Å². The summed E-state index contributed by atoms with van der Waals surface area (Å²) in [5.74, 6) is -0.770. The number of fused-ring (bicyclic) bond motifs is 2. The maximum atomic E-state index is 14.9. The second-order valence-corrected chi connectivity index (χ2v) is 9.13. The van der Waals surface area contributed by atoms with E-state index in [-0.39, 0.29) is 29.6 Å². The lowest BCUT2D eigenvalue weighted by Crippen LogP contribution is -2.70. The van der Waals surface area contributed by atoms with Crippen molar-refractivity contribution in [2.75, 3.05) is 5.32 Å². The van der Waals surface area contributed by atoms with E-state index >= 15 is 0 Å². The van der Waals surface area contributed by atoms with Crippen molar-refractivity contribution in [2.45, 2.75) is 50.9 Å². The van der Waals surface area contributed by atoms with E-state index in [0.717, 1.165) is 12.3 Å². The molecular formula is C23H19F4N7O2. The first-order chi connectivity index (χ1) is 17.0. The summed E-state index contributed by atoms with van der Waals surface area (Å²) in [6.07, 6.45) is -1.97. The number of halogens is 4. The fourth-order valence-corrected chi connectivity index (χ4v) is 5.25. The Bertz CT molecular complexity index is 1400. The normalized spacial score (nSPS) is 23.1. The summed E-state index contributed by atoms with van der Waals surface area (Å²) in [5, 5.41) is 15.3. The number of aryl methyl sites for hydroxylation is 1. The highest BCUT2D eigenvalue weighted by Crippen LogP contribution is 2.55. The number of benzene rings is 1. The Hall–Kier alpha value is -4.08. The molecule has 1 saturated carbocycles. The minimum atomic E-state index is -4.94. The van der Waals surface area contributed by atoms with Crippen molar-refractivity contribution in [1.29, 1.82) is 5.26 Å². The van der Waals surface area contributed by atoms with Gasteiger partial charge >= 0.3 is 12.2 Å². The molecule has 2 aromatic heterocycles. The molecule has 3 heterocycles. The van der Waals surface area contributed by atoms with Gasteiger partial charge in [0.2, 0.25) is 0 Å². The van der Waals surface area contributed by atoms with E-state index in [0.29, 0.717) is 25.1 Å². The van der Waals surface area contributed by atoms with Crippen LogP contribution in [0.5, 0.6) is 0 Å². The Morgan fingerprint density at radius 3 is 2.75 bits per heavy atom. The van der Waals surface area contributed by atoms with Gasteiger partial charge in [-0.25, -0.2) is 19.2 Å². The lowest BCUT2D eigenvalue weighted by molar-refractivity contribution is -0.137. The van der Waals surface area contributed by atoms with Crippen LogP contribution >= 0.6 is 0 Å². The molecule has 36 heavy (non-hydrogen) atoms. The smallest absolute Gasteiger partial charge is 0.337 e. The summed E-state index contributed by atoms with van der Waals surface area (Å²) >= 11 is 0. The Labute approximate surface area is 202 Å². The number of carbonyl (C=O) groups excluding carboxylic acids is 1. The van der Waals surface area contributed by atoms with Gasteiger partial charge in [0.1, 0.15) is 23.1 Å². The number of hydrogen-bond donors (Lipinski definition) is 1. The van der Waals surface area contributed by atoms with Crippen molar-refractivity contribution >= 4 is 11.7 Å². The van der Waals surface area contributed by atoms with E-state index in [1.54, 1.807) is 13.0 Å². The van der Waals surface area contributed by atoms with Gasteiger partial charge < -0.3 is 14.7 Å². The molecule has 186 valence electrons. The van der Waals surface area contributed by atoms with Crippen molar-refractivity contribution in [1.82, 2.24) is 25.0 Å². The van der Waals surface area contributed by atoms with Crippen LogP contribution in [0.4, 0.5) is 28.0 Å². The van der Waals surface area contributed by atoms with Crippen molar-refractivity contribution < 1.29 is 26.9 Å². The number of nitrogens with one attached hydrogen (secondary N) is 1. The average Bonchev–Trinajstić information content (AvgIpc) is 3.25. The van der Waals surface area contributed by atoms with Gasteiger partial charge in [-0.05, 0) is 43.9 Å². The fraction of sp³-hybridized carbons (Fsp3) is 0.391. The Kier molecular flexibility index (Phi) is 5.42. The molecule has 13 heteroatoms. The topological polar surface area (TPSA) is 121 Å². The quantitative estimate of drug-likeness (QED) is 0.512. The number of likely N-dealkylation sites (tertiary alicyclic amines) is 1. The molecular weight excluding hydrogens is 482 g/mol. The van der Waals surface area contributed by atoms with E-state index in [4.69, 9.17) is 9.78 Å². The molecule has 0 unspecified atom stereocenters. The number of aromatic nitrogens is 4. The van der Waals surface area contributed by atoms with Gasteiger partial charge in [-0.1, -0.05) is 12.1 Å². The van der Waals surface area contributed by atoms with Crippen molar-refractivity contribution in [2.24, 2.45) is 5.92 Å². The van der Waals surface area contributed by atoms with E-state index in [1.165, 1.54) is 11.0 Å². The van der Waals surface area contributed by atoms with Crippen LogP contribution in [0.25, 0.3) is 11.4 Å². The van der Waals surface area contributed by atoms with Crippen LogP contribution in [0.2, 0.25) is 0 Å². The molecule has 0 radical (unpaired) electrons. The molecule has 1 saturated heterocycles. The first-order valence-electron chi connectivity index (χ1n) is 11.1. The number of amides is 2. The van der Waals surface area contributed by atoms with Gasteiger partial charge in [0.25, 0.3) is 5.89 Å².